The molecule has 0 aromatic heterocycles. The Hall–Kier alpha value is -0.220. The van der Waals surface area contributed by atoms with Crippen LogP contribution in [-0.4, -0.2) is 31.0 Å². The summed E-state index contributed by atoms with van der Waals surface area (Å²) in [4.78, 5) is 11.8. The van der Waals surface area contributed by atoms with E-state index in [4.69, 9.17) is 5.73 Å². The van der Waals surface area contributed by atoms with Crippen LogP contribution in [0.3, 0.4) is 0 Å². The molecule has 0 saturated heterocycles. The Morgan fingerprint density at radius 3 is 2.41 bits per heavy atom. The molecule has 0 aliphatic rings. The van der Waals surface area contributed by atoms with Crippen LogP contribution in [0.4, 0.5) is 0 Å². The van der Waals surface area contributed by atoms with Gasteiger partial charge in [-0.2, -0.15) is 11.8 Å². The number of nitrogens with two attached hydrogens (primary N) is 1. The molecule has 0 saturated carbocycles. The van der Waals surface area contributed by atoms with Crippen LogP contribution < -0.4 is 11.1 Å². The van der Waals surface area contributed by atoms with Crippen LogP contribution in [0, 0.1) is 11.8 Å². The second-order valence-electron chi connectivity index (χ2n) is 4.78. The summed E-state index contributed by atoms with van der Waals surface area (Å²) in [5.74, 6) is 1.65. The van der Waals surface area contributed by atoms with E-state index < -0.39 is 0 Å². The molecule has 3 nitrogen and oxygen atoms in total. The van der Waals surface area contributed by atoms with E-state index in [1.54, 1.807) is 0 Å². The quantitative estimate of drug-likeness (QED) is 0.592. The lowest BCUT2D eigenvalue weighted by Crippen LogP contribution is -2.38. The lowest BCUT2D eigenvalue weighted by molar-refractivity contribution is -0.125. The van der Waals surface area contributed by atoms with E-state index >= 15 is 0 Å². The fourth-order valence-corrected chi connectivity index (χ4v) is 2.24. The maximum Gasteiger partial charge on any atom is 0.224 e. The first-order valence-electron chi connectivity index (χ1n) is 6.60. The van der Waals surface area contributed by atoms with E-state index in [0.29, 0.717) is 12.5 Å². The predicted molar refractivity (Wildman–Crippen MR) is 77.2 cm³/mol. The minimum atomic E-state index is -0.0357. The molecule has 3 N–H and O–H groups in total. The molecule has 0 aromatic carbocycles. The number of carbonyl (C=O) groups excluding carboxylic acids is 1. The summed E-state index contributed by atoms with van der Waals surface area (Å²) in [5.41, 5.74) is 5.60. The molecule has 0 aliphatic carbocycles. The highest BCUT2D eigenvalue weighted by atomic mass is 32.2. The van der Waals surface area contributed by atoms with E-state index in [1.807, 2.05) is 25.6 Å². The molecule has 0 fully saturated rings. The topological polar surface area (TPSA) is 55.1 Å². The van der Waals surface area contributed by atoms with Gasteiger partial charge in [-0.25, -0.2) is 0 Å². The number of carbonyl (C=O) groups is 1. The van der Waals surface area contributed by atoms with Gasteiger partial charge in [-0.1, -0.05) is 26.7 Å². The van der Waals surface area contributed by atoms with Gasteiger partial charge in [-0.05, 0) is 30.8 Å². The van der Waals surface area contributed by atoms with Crippen LogP contribution in [0.2, 0.25) is 0 Å². The lowest BCUT2D eigenvalue weighted by Gasteiger charge is -2.18. The van der Waals surface area contributed by atoms with Crippen molar-refractivity contribution >= 4 is 17.7 Å². The Kier molecular flexibility index (Phi) is 10.8. The molecule has 0 heterocycles. The van der Waals surface area contributed by atoms with Crippen molar-refractivity contribution in [3.8, 4) is 0 Å². The molecule has 1 unspecified atom stereocenters. The summed E-state index contributed by atoms with van der Waals surface area (Å²) in [6, 6.07) is 0. The summed E-state index contributed by atoms with van der Waals surface area (Å²) in [7, 11) is 0. The molecule has 0 aliphatic heterocycles. The molecule has 0 spiro atoms. The van der Waals surface area contributed by atoms with Crippen LogP contribution in [0.15, 0.2) is 0 Å². The molecule has 1 amide bonds. The van der Waals surface area contributed by atoms with Gasteiger partial charge in [0.1, 0.15) is 0 Å². The first-order valence-corrected chi connectivity index (χ1v) is 7.99. The first kappa shape index (κ1) is 16.8. The van der Waals surface area contributed by atoms with Crippen molar-refractivity contribution in [2.45, 2.75) is 39.5 Å². The second-order valence-corrected chi connectivity index (χ2v) is 5.77. The predicted octanol–water partition coefficient (Wildman–Crippen LogP) is 2.26. The summed E-state index contributed by atoms with van der Waals surface area (Å²) >= 11 is 1.90. The molecule has 4 heteroatoms. The Balaban J connectivity index is 3.50. The SMILES string of the molecule is CSCCCCCCNC(=O)C(CN)C(C)C. The third kappa shape index (κ3) is 8.50. The molecule has 17 heavy (non-hydrogen) atoms. The number of nitrogens with one attached hydrogen (secondary N) is 1. The highest BCUT2D eigenvalue weighted by Gasteiger charge is 2.19. The van der Waals surface area contributed by atoms with Gasteiger partial charge in [0.05, 0.1) is 5.92 Å². The molecule has 1 atom stereocenters. The third-order valence-corrected chi connectivity index (χ3v) is 3.67. The summed E-state index contributed by atoms with van der Waals surface area (Å²) < 4.78 is 0. The van der Waals surface area contributed by atoms with Crippen LogP contribution >= 0.6 is 11.8 Å². The monoisotopic (exact) mass is 260 g/mol. The van der Waals surface area contributed by atoms with E-state index in [0.717, 1.165) is 13.0 Å². The number of thioether (sulfide) groups is 1. The zero-order valence-corrected chi connectivity index (χ0v) is 12.3. The summed E-state index contributed by atoms with van der Waals surface area (Å²) in [5, 5.41) is 2.98. The van der Waals surface area contributed by atoms with Crippen molar-refractivity contribution in [3.63, 3.8) is 0 Å². The van der Waals surface area contributed by atoms with Gasteiger partial charge >= 0.3 is 0 Å². The van der Waals surface area contributed by atoms with Gasteiger partial charge < -0.3 is 11.1 Å². The van der Waals surface area contributed by atoms with Crippen molar-refractivity contribution in [1.29, 1.82) is 0 Å². The van der Waals surface area contributed by atoms with Crippen molar-refractivity contribution in [3.05, 3.63) is 0 Å². The normalized spacial score (nSPS) is 12.8. The van der Waals surface area contributed by atoms with Gasteiger partial charge in [0.2, 0.25) is 5.91 Å². The average Bonchev–Trinajstić information content (AvgIpc) is 2.28. The minimum Gasteiger partial charge on any atom is -0.356 e. The van der Waals surface area contributed by atoms with Crippen LogP contribution in [-0.2, 0) is 4.79 Å². The average molecular weight is 260 g/mol. The van der Waals surface area contributed by atoms with Crippen molar-refractivity contribution in [1.82, 2.24) is 5.32 Å². The molecular formula is C13H28N2OS. The zero-order valence-electron chi connectivity index (χ0n) is 11.5. The van der Waals surface area contributed by atoms with Crippen molar-refractivity contribution in [2.75, 3.05) is 25.1 Å². The minimum absolute atomic E-state index is 0.0357. The van der Waals surface area contributed by atoms with E-state index in [2.05, 4.69) is 11.6 Å². The zero-order chi connectivity index (χ0) is 13.1. The number of hydrogen-bond donors (Lipinski definition) is 2. The van der Waals surface area contributed by atoms with Crippen LogP contribution in [0.25, 0.3) is 0 Å². The Labute approximate surface area is 110 Å². The van der Waals surface area contributed by atoms with Crippen LogP contribution in [0.5, 0.6) is 0 Å². The number of hydrogen-bond acceptors (Lipinski definition) is 3. The number of unbranched alkanes of at least 4 members (excludes halogenated alkanes) is 3. The summed E-state index contributed by atoms with van der Waals surface area (Å²) in [6.45, 7) is 5.32. The smallest absolute Gasteiger partial charge is 0.224 e. The fourth-order valence-electron chi connectivity index (χ4n) is 1.75. The van der Waals surface area contributed by atoms with Crippen LogP contribution in [0.1, 0.15) is 39.5 Å². The Morgan fingerprint density at radius 2 is 1.88 bits per heavy atom. The molecule has 0 rings (SSSR count). The second kappa shape index (κ2) is 10.9. The van der Waals surface area contributed by atoms with Gasteiger partial charge in [0.15, 0.2) is 0 Å². The number of amides is 1. The molecule has 102 valence electrons. The maximum atomic E-state index is 11.8. The van der Waals surface area contributed by atoms with Gasteiger partial charge in [0, 0.05) is 13.1 Å². The maximum absolute atomic E-state index is 11.8. The van der Waals surface area contributed by atoms with Gasteiger partial charge in [-0.15, -0.1) is 0 Å². The van der Waals surface area contributed by atoms with E-state index in [-0.39, 0.29) is 11.8 Å². The molecule has 0 bridgehead atoms. The largest absolute Gasteiger partial charge is 0.356 e. The standard InChI is InChI=1S/C13H28N2OS/c1-11(2)12(10-14)13(16)15-8-6-4-5-7-9-17-3/h11-12H,4-10,14H2,1-3H3,(H,15,16). The van der Waals surface area contributed by atoms with Gasteiger partial charge in [0.25, 0.3) is 0 Å². The highest BCUT2D eigenvalue weighted by Crippen LogP contribution is 2.09. The lowest BCUT2D eigenvalue weighted by atomic mass is 9.95. The third-order valence-electron chi connectivity index (χ3n) is 2.97. The summed E-state index contributed by atoms with van der Waals surface area (Å²) in [6.07, 6.45) is 6.97. The molecular weight excluding hydrogens is 232 g/mol. The van der Waals surface area contributed by atoms with Crippen molar-refractivity contribution < 1.29 is 4.79 Å². The fraction of sp³-hybridized carbons (Fsp3) is 0.923. The number of rotatable bonds is 10. The Bertz CT molecular complexity index is 198. The van der Waals surface area contributed by atoms with E-state index in [1.165, 1.54) is 25.0 Å². The van der Waals surface area contributed by atoms with E-state index in [9.17, 15) is 4.79 Å². The molecule has 0 aromatic rings. The van der Waals surface area contributed by atoms with Gasteiger partial charge in [-0.3, -0.25) is 4.79 Å². The van der Waals surface area contributed by atoms with Crippen molar-refractivity contribution in [2.24, 2.45) is 17.6 Å². The Morgan fingerprint density at radius 1 is 1.24 bits per heavy atom. The highest BCUT2D eigenvalue weighted by molar-refractivity contribution is 7.98. The first-order chi connectivity index (χ1) is 8.13. The molecule has 0 radical (unpaired) electrons.